The highest BCUT2D eigenvalue weighted by Gasteiger charge is 2.15. The van der Waals surface area contributed by atoms with Crippen LogP contribution in [0.1, 0.15) is 44.1 Å². The van der Waals surface area contributed by atoms with Gasteiger partial charge in [0, 0.05) is 12.3 Å². The second-order valence-electron chi connectivity index (χ2n) is 4.63. The van der Waals surface area contributed by atoms with E-state index >= 15 is 0 Å². The maximum atomic E-state index is 10.9. The van der Waals surface area contributed by atoms with Crippen LogP contribution in [0.3, 0.4) is 0 Å². The zero-order chi connectivity index (χ0) is 12.8. The van der Waals surface area contributed by atoms with Crippen LogP contribution >= 0.6 is 0 Å². The minimum absolute atomic E-state index is 0.00928. The minimum atomic E-state index is -0.113. The summed E-state index contributed by atoms with van der Waals surface area (Å²) in [4.78, 5) is 10.9. The number of carbonyl (C=O) groups is 1. The molecule has 0 N–H and O–H groups in total. The van der Waals surface area contributed by atoms with Crippen molar-refractivity contribution in [3.05, 3.63) is 29.8 Å². The highest BCUT2D eigenvalue weighted by molar-refractivity contribution is 5.62. The predicted octanol–water partition coefficient (Wildman–Crippen LogP) is 3.28. The number of hydrogen-bond donors (Lipinski definition) is 0. The monoisotopic (exact) mass is 248 g/mol. The third kappa shape index (κ3) is 3.33. The lowest BCUT2D eigenvalue weighted by molar-refractivity contribution is -0.109. The third-order valence-electron chi connectivity index (χ3n) is 3.32. The van der Waals surface area contributed by atoms with Crippen LogP contribution in [0.25, 0.3) is 0 Å². The Balaban J connectivity index is 1.96. The first-order valence-corrected chi connectivity index (χ1v) is 6.67. The summed E-state index contributed by atoms with van der Waals surface area (Å²) in [5.74, 6) is 0.802. The molecule has 0 saturated carbocycles. The Morgan fingerprint density at radius 3 is 2.72 bits per heavy atom. The third-order valence-corrected chi connectivity index (χ3v) is 3.32. The van der Waals surface area contributed by atoms with Crippen molar-refractivity contribution in [1.82, 2.24) is 0 Å². The van der Waals surface area contributed by atoms with E-state index in [4.69, 9.17) is 9.47 Å². The maximum Gasteiger partial charge on any atom is 0.199 e. The van der Waals surface area contributed by atoms with Crippen molar-refractivity contribution in [1.29, 1.82) is 0 Å². The zero-order valence-corrected chi connectivity index (χ0v) is 10.8. The maximum absolute atomic E-state index is 10.9. The molecule has 2 unspecified atom stereocenters. The Morgan fingerprint density at radius 2 is 2.17 bits per heavy atom. The normalized spacial score (nSPS) is 21.3. The molecule has 18 heavy (non-hydrogen) atoms. The Morgan fingerprint density at radius 1 is 1.39 bits per heavy atom. The van der Waals surface area contributed by atoms with Gasteiger partial charge in [-0.25, -0.2) is 0 Å². The molecule has 1 aromatic carbocycles. The molecular weight excluding hydrogens is 228 g/mol. The SMILES string of the molecule is CCC(C=O)c1ccc(OC2CCCCO2)cc1. The van der Waals surface area contributed by atoms with Crippen molar-refractivity contribution < 1.29 is 14.3 Å². The molecule has 0 spiro atoms. The van der Waals surface area contributed by atoms with Gasteiger partial charge in [-0.05, 0) is 37.0 Å². The van der Waals surface area contributed by atoms with Crippen LogP contribution in [0.2, 0.25) is 0 Å². The van der Waals surface area contributed by atoms with Gasteiger partial charge in [0.05, 0.1) is 6.61 Å². The lowest BCUT2D eigenvalue weighted by atomic mass is 9.98. The molecule has 1 aromatic rings. The first kappa shape index (κ1) is 13.1. The zero-order valence-electron chi connectivity index (χ0n) is 10.8. The second kappa shape index (κ2) is 6.55. The van der Waals surface area contributed by atoms with Gasteiger partial charge in [0.1, 0.15) is 12.0 Å². The van der Waals surface area contributed by atoms with E-state index in [-0.39, 0.29) is 12.2 Å². The minimum Gasteiger partial charge on any atom is -0.465 e. The Bertz CT molecular complexity index is 366. The number of aldehydes is 1. The van der Waals surface area contributed by atoms with Crippen LogP contribution in [0, 0.1) is 0 Å². The molecule has 98 valence electrons. The van der Waals surface area contributed by atoms with Crippen LogP contribution < -0.4 is 4.74 Å². The molecule has 3 nitrogen and oxygen atoms in total. The molecule has 0 amide bonds. The van der Waals surface area contributed by atoms with E-state index < -0.39 is 0 Å². The fraction of sp³-hybridized carbons (Fsp3) is 0.533. The van der Waals surface area contributed by atoms with Crippen molar-refractivity contribution in [2.45, 2.75) is 44.8 Å². The summed E-state index contributed by atoms with van der Waals surface area (Å²) in [6.07, 6.45) is 4.95. The number of rotatable bonds is 5. The largest absolute Gasteiger partial charge is 0.465 e. The quantitative estimate of drug-likeness (QED) is 0.750. The van der Waals surface area contributed by atoms with Crippen LogP contribution in [0.15, 0.2) is 24.3 Å². The van der Waals surface area contributed by atoms with Crippen molar-refractivity contribution in [3.63, 3.8) is 0 Å². The number of carbonyl (C=O) groups excluding carboxylic acids is 1. The van der Waals surface area contributed by atoms with Crippen molar-refractivity contribution in [2.24, 2.45) is 0 Å². The smallest absolute Gasteiger partial charge is 0.199 e. The molecule has 1 saturated heterocycles. The summed E-state index contributed by atoms with van der Waals surface area (Å²) in [7, 11) is 0. The molecule has 0 aromatic heterocycles. The van der Waals surface area contributed by atoms with Gasteiger partial charge in [-0.2, -0.15) is 0 Å². The average Bonchev–Trinajstić information content (AvgIpc) is 2.43. The number of hydrogen-bond acceptors (Lipinski definition) is 3. The molecule has 1 fully saturated rings. The summed E-state index contributed by atoms with van der Waals surface area (Å²) >= 11 is 0. The molecule has 2 rings (SSSR count). The molecule has 0 aliphatic carbocycles. The van der Waals surface area contributed by atoms with E-state index in [1.165, 1.54) is 0 Å². The van der Waals surface area contributed by atoms with Gasteiger partial charge in [0.2, 0.25) is 0 Å². The van der Waals surface area contributed by atoms with Gasteiger partial charge in [-0.1, -0.05) is 19.1 Å². The Hall–Kier alpha value is -1.35. The highest BCUT2D eigenvalue weighted by atomic mass is 16.7. The second-order valence-corrected chi connectivity index (χ2v) is 4.63. The fourth-order valence-corrected chi connectivity index (χ4v) is 2.16. The van der Waals surface area contributed by atoms with Crippen molar-refractivity contribution in [2.75, 3.05) is 6.61 Å². The summed E-state index contributed by atoms with van der Waals surface area (Å²) in [5.41, 5.74) is 1.05. The molecule has 0 bridgehead atoms. The lowest BCUT2D eigenvalue weighted by Crippen LogP contribution is -2.24. The fourth-order valence-electron chi connectivity index (χ4n) is 2.16. The van der Waals surface area contributed by atoms with Crippen LogP contribution in [0.4, 0.5) is 0 Å². The molecule has 3 heteroatoms. The average molecular weight is 248 g/mol. The van der Waals surface area contributed by atoms with Crippen LogP contribution in [-0.4, -0.2) is 19.2 Å². The topological polar surface area (TPSA) is 35.5 Å². The standard InChI is InChI=1S/C15H20O3/c1-2-12(11-16)13-6-8-14(9-7-13)18-15-5-3-4-10-17-15/h6-9,11-12,15H,2-5,10H2,1H3. The first-order chi connectivity index (χ1) is 8.83. The van der Waals surface area contributed by atoms with Gasteiger partial charge in [-0.3, -0.25) is 0 Å². The van der Waals surface area contributed by atoms with E-state index in [0.717, 1.165) is 49.9 Å². The predicted molar refractivity (Wildman–Crippen MR) is 69.8 cm³/mol. The van der Waals surface area contributed by atoms with Gasteiger partial charge in [0.15, 0.2) is 6.29 Å². The first-order valence-electron chi connectivity index (χ1n) is 6.67. The van der Waals surface area contributed by atoms with E-state index in [1.807, 2.05) is 31.2 Å². The molecule has 1 heterocycles. The summed E-state index contributed by atoms with van der Waals surface area (Å²) < 4.78 is 11.3. The van der Waals surface area contributed by atoms with E-state index in [1.54, 1.807) is 0 Å². The van der Waals surface area contributed by atoms with Gasteiger partial charge in [0.25, 0.3) is 0 Å². The molecule has 2 atom stereocenters. The summed E-state index contributed by atoms with van der Waals surface area (Å²) in [5, 5.41) is 0. The van der Waals surface area contributed by atoms with Gasteiger partial charge >= 0.3 is 0 Å². The molecule has 1 aliphatic rings. The lowest BCUT2D eigenvalue weighted by Gasteiger charge is -2.23. The van der Waals surface area contributed by atoms with Crippen molar-refractivity contribution in [3.8, 4) is 5.75 Å². The van der Waals surface area contributed by atoms with Crippen LogP contribution in [0.5, 0.6) is 5.75 Å². The van der Waals surface area contributed by atoms with Gasteiger partial charge < -0.3 is 14.3 Å². The van der Waals surface area contributed by atoms with Crippen molar-refractivity contribution >= 4 is 6.29 Å². The van der Waals surface area contributed by atoms with Gasteiger partial charge in [-0.15, -0.1) is 0 Å². The number of benzene rings is 1. The molecule has 0 radical (unpaired) electrons. The van der Waals surface area contributed by atoms with Crippen LogP contribution in [-0.2, 0) is 9.53 Å². The van der Waals surface area contributed by atoms with E-state index in [2.05, 4.69) is 0 Å². The molecular formula is C15H20O3. The van der Waals surface area contributed by atoms with E-state index in [0.29, 0.717) is 0 Å². The number of ether oxygens (including phenoxy) is 2. The summed E-state index contributed by atoms with van der Waals surface area (Å²) in [6, 6.07) is 7.75. The van der Waals surface area contributed by atoms with E-state index in [9.17, 15) is 4.79 Å². The highest BCUT2D eigenvalue weighted by Crippen LogP contribution is 2.23. The summed E-state index contributed by atoms with van der Waals surface area (Å²) in [6.45, 7) is 2.80. The molecule has 1 aliphatic heterocycles. The Kier molecular flexibility index (Phi) is 4.76. The Labute approximate surface area is 108 Å².